The molecule has 5 heteroatoms. The highest BCUT2D eigenvalue weighted by Crippen LogP contribution is 2.12. The maximum absolute atomic E-state index is 12.6. The van der Waals surface area contributed by atoms with Crippen LogP contribution in [0.15, 0.2) is 12.4 Å². The quantitative estimate of drug-likeness (QED) is 0.656. The van der Waals surface area contributed by atoms with Crippen molar-refractivity contribution >= 4 is 5.78 Å². The average Bonchev–Trinajstić information content (AvgIpc) is 2.22. The third-order valence-electron chi connectivity index (χ3n) is 2.78. The van der Waals surface area contributed by atoms with Crippen LogP contribution in [0.3, 0.4) is 0 Å². The molecule has 0 aromatic heterocycles. The van der Waals surface area contributed by atoms with E-state index in [0.29, 0.717) is 13.0 Å². The van der Waals surface area contributed by atoms with E-state index in [4.69, 9.17) is 5.26 Å². The zero-order valence-corrected chi connectivity index (χ0v) is 9.45. The molecule has 0 N–H and O–H groups in total. The predicted molar refractivity (Wildman–Crippen MR) is 58.3 cm³/mol. The van der Waals surface area contributed by atoms with Crippen LogP contribution in [-0.4, -0.2) is 54.9 Å². The molecule has 0 spiro atoms. The molecule has 4 nitrogen and oxygen atoms in total. The van der Waals surface area contributed by atoms with Crippen LogP contribution in [0.4, 0.5) is 4.39 Å². The Labute approximate surface area is 94.9 Å². The van der Waals surface area contributed by atoms with Crippen LogP contribution in [0.25, 0.3) is 0 Å². The summed E-state index contributed by atoms with van der Waals surface area (Å²) in [4.78, 5) is 15.2. The summed E-state index contributed by atoms with van der Waals surface area (Å²) >= 11 is 0. The molecular formula is C11H16FN3O. The molecule has 0 amide bonds. The third kappa shape index (κ3) is 3.40. The summed E-state index contributed by atoms with van der Waals surface area (Å²) in [6.45, 7) is 5.26. The van der Waals surface area contributed by atoms with Gasteiger partial charge in [-0.3, -0.25) is 9.69 Å². The number of likely N-dealkylation sites (N-methyl/N-ethyl adjacent to an activating group) is 1. The smallest absolute Gasteiger partial charge is 0.204 e. The van der Waals surface area contributed by atoms with Crippen LogP contribution in [0.1, 0.15) is 6.42 Å². The van der Waals surface area contributed by atoms with Gasteiger partial charge in [0.25, 0.3) is 0 Å². The van der Waals surface area contributed by atoms with Gasteiger partial charge in [-0.1, -0.05) is 6.58 Å². The molecule has 0 radical (unpaired) electrons. The van der Waals surface area contributed by atoms with Crippen molar-refractivity contribution in [3.63, 3.8) is 0 Å². The lowest BCUT2D eigenvalue weighted by Gasteiger charge is -2.38. The highest BCUT2D eigenvalue weighted by molar-refractivity contribution is 5.94. The highest BCUT2D eigenvalue weighted by Gasteiger charge is 2.27. The lowest BCUT2D eigenvalue weighted by atomic mass is 10.1. The Morgan fingerprint density at radius 1 is 1.62 bits per heavy atom. The van der Waals surface area contributed by atoms with Crippen LogP contribution in [-0.2, 0) is 4.79 Å². The maximum atomic E-state index is 12.6. The molecule has 1 saturated heterocycles. The van der Waals surface area contributed by atoms with Crippen LogP contribution in [0.2, 0.25) is 0 Å². The molecule has 0 unspecified atom stereocenters. The molecule has 1 rings (SSSR count). The van der Waals surface area contributed by atoms with E-state index in [1.165, 1.54) is 0 Å². The van der Waals surface area contributed by atoms with Crippen molar-refractivity contribution in [2.45, 2.75) is 12.5 Å². The minimum absolute atomic E-state index is 0.00653. The summed E-state index contributed by atoms with van der Waals surface area (Å²) in [5, 5.41) is 8.69. The van der Waals surface area contributed by atoms with Crippen LogP contribution >= 0.6 is 0 Å². The summed E-state index contributed by atoms with van der Waals surface area (Å²) in [5.41, 5.74) is 0. The van der Waals surface area contributed by atoms with Crippen molar-refractivity contribution < 1.29 is 9.18 Å². The topological polar surface area (TPSA) is 47.3 Å². The van der Waals surface area contributed by atoms with E-state index < -0.39 is 11.6 Å². The normalized spacial score (nSPS) is 22.7. The minimum Gasteiger partial charge on any atom is -0.304 e. The molecule has 1 atom stereocenters. The molecular weight excluding hydrogens is 209 g/mol. The van der Waals surface area contributed by atoms with Crippen LogP contribution in [0, 0.1) is 11.3 Å². The molecule has 0 bridgehead atoms. The van der Waals surface area contributed by atoms with Gasteiger partial charge in [-0.05, 0) is 7.05 Å². The van der Waals surface area contributed by atoms with Gasteiger partial charge in [0.15, 0.2) is 5.83 Å². The number of carbonyl (C=O) groups is 1. The van der Waals surface area contributed by atoms with Gasteiger partial charge >= 0.3 is 0 Å². The number of rotatable bonds is 4. The highest BCUT2D eigenvalue weighted by atomic mass is 19.1. The van der Waals surface area contributed by atoms with Crippen molar-refractivity contribution in [1.29, 1.82) is 5.26 Å². The van der Waals surface area contributed by atoms with E-state index in [9.17, 15) is 9.18 Å². The number of hydrogen-bond acceptors (Lipinski definition) is 4. The van der Waals surface area contributed by atoms with Gasteiger partial charge in [0, 0.05) is 25.7 Å². The van der Waals surface area contributed by atoms with Crippen molar-refractivity contribution in [2.75, 3.05) is 33.2 Å². The second-order valence-electron chi connectivity index (χ2n) is 4.08. The second kappa shape index (κ2) is 5.73. The van der Waals surface area contributed by atoms with Crippen molar-refractivity contribution in [2.24, 2.45) is 0 Å². The minimum atomic E-state index is -0.908. The Bertz CT molecular complexity index is 324. The fourth-order valence-electron chi connectivity index (χ4n) is 1.83. The average molecular weight is 225 g/mol. The molecule has 1 fully saturated rings. The van der Waals surface area contributed by atoms with E-state index in [1.807, 2.05) is 11.9 Å². The fourth-order valence-corrected chi connectivity index (χ4v) is 1.83. The van der Waals surface area contributed by atoms with Gasteiger partial charge in [-0.25, -0.2) is 4.39 Å². The van der Waals surface area contributed by atoms with E-state index in [2.05, 4.69) is 17.5 Å². The molecule has 0 aliphatic carbocycles. The van der Waals surface area contributed by atoms with Gasteiger partial charge in [-0.15, -0.1) is 0 Å². The lowest BCUT2D eigenvalue weighted by molar-refractivity contribution is -0.119. The van der Waals surface area contributed by atoms with E-state index in [1.54, 1.807) is 0 Å². The molecule has 1 aliphatic heterocycles. The zero-order chi connectivity index (χ0) is 12.1. The Hall–Kier alpha value is -1.25. The Kier molecular flexibility index (Phi) is 4.59. The molecule has 0 aromatic carbocycles. The molecule has 88 valence electrons. The first-order valence-corrected chi connectivity index (χ1v) is 5.21. The van der Waals surface area contributed by atoms with Crippen molar-refractivity contribution in [3.05, 3.63) is 12.4 Å². The Morgan fingerprint density at radius 3 is 2.88 bits per heavy atom. The number of Topliss-reactive ketones (excluding diaryl/α,β-unsaturated/α-hetero) is 1. The van der Waals surface area contributed by atoms with Gasteiger partial charge in [0.05, 0.1) is 19.0 Å². The summed E-state index contributed by atoms with van der Waals surface area (Å²) in [5.74, 6) is -1.50. The van der Waals surface area contributed by atoms with Gasteiger partial charge in [-0.2, -0.15) is 5.26 Å². The van der Waals surface area contributed by atoms with Crippen LogP contribution in [0.5, 0.6) is 0 Å². The molecule has 0 saturated carbocycles. The number of carbonyl (C=O) groups excluding carboxylic acids is 1. The number of ketones is 1. The number of nitriles is 1. The standard InChI is InChI=1S/C11H16FN3O/c1-9(12)11(16)8-15-6-5-14(2)7-10(15)3-4-13/h10H,1,3,5-8H2,2H3/t10-/m1/s1. The molecule has 0 aromatic rings. The largest absolute Gasteiger partial charge is 0.304 e. The van der Waals surface area contributed by atoms with E-state index in [-0.39, 0.29) is 12.6 Å². The van der Waals surface area contributed by atoms with Crippen molar-refractivity contribution in [3.8, 4) is 6.07 Å². The number of halogens is 1. The van der Waals surface area contributed by atoms with Crippen molar-refractivity contribution in [1.82, 2.24) is 9.80 Å². The molecule has 1 aliphatic rings. The van der Waals surface area contributed by atoms with E-state index in [0.717, 1.165) is 13.1 Å². The van der Waals surface area contributed by atoms with Crippen LogP contribution < -0.4 is 0 Å². The monoisotopic (exact) mass is 225 g/mol. The Balaban J connectivity index is 2.59. The first-order valence-electron chi connectivity index (χ1n) is 5.21. The maximum Gasteiger partial charge on any atom is 0.204 e. The predicted octanol–water partition coefficient (Wildman–Crippen LogP) is 0.568. The number of nitrogens with zero attached hydrogens (tertiary/aromatic N) is 3. The third-order valence-corrected chi connectivity index (χ3v) is 2.78. The first kappa shape index (κ1) is 12.8. The second-order valence-corrected chi connectivity index (χ2v) is 4.08. The SMILES string of the molecule is C=C(F)C(=O)CN1CCN(C)C[C@H]1CC#N. The van der Waals surface area contributed by atoms with Gasteiger partial charge in [0.2, 0.25) is 5.78 Å². The van der Waals surface area contributed by atoms with E-state index >= 15 is 0 Å². The Morgan fingerprint density at radius 2 is 2.31 bits per heavy atom. The summed E-state index contributed by atoms with van der Waals surface area (Å²) in [6, 6.07) is 2.10. The number of piperazine rings is 1. The summed E-state index contributed by atoms with van der Waals surface area (Å²) in [7, 11) is 1.97. The lowest BCUT2D eigenvalue weighted by Crippen LogP contribution is -2.53. The molecule has 16 heavy (non-hydrogen) atoms. The summed E-state index contributed by atoms with van der Waals surface area (Å²) in [6.07, 6.45) is 0.358. The first-order chi connectivity index (χ1) is 7.54. The zero-order valence-electron chi connectivity index (χ0n) is 9.45. The number of hydrogen-bond donors (Lipinski definition) is 0. The van der Waals surface area contributed by atoms with Gasteiger partial charge < -0.3 is 4.90 Å². The molecule has 1 heterocycles. The fraction of sp³-hybridized carbons (Fsp3) is 0.636. The van der Waals surface area contributed by atoms with Gasteiger partial charge in [0.1, 0.15) is 0 Å². The summed E-state index contributed by atoms with van der Waals surface area (Å²) < 4.78 is 12.6.